The van der Waals surface area contributed by atoms with Crippen LogP contribution in [0, 0.1) is 12.7 Å². The normalized spacial score (nSPS) is 11.3. The lowest BCUT2D eigenvalue weighted by Crippen LogP contribution is -2.18. The molecular weight excluding hydrogens is 378 g/mol. The Morgan fingerprint density at radius 2 is 2.08 bits per heavy atom. The van der Waals surface area contributed by atoms with Gasteiger partial charge in [0.25, 0.3) is 0 Å². The molecule has 0 aliphatic carbocycles. The summed E-state index contributed by atoms with van der Waals surface area (Å²) in [5.74, 6) is -2.63. The van der Waals surface area contributed by atoms with E-state index in [0.29, 0.717) is 5.69 Å². The second-order valence-electron chi connectivity index (χ2n) is 4.55. The van der Waals surface area contributed by atoms with Crippen LogP contribution >= 0.6 is 23.2 Å². The highest BCUT2D eigenvalue weighted by Crippen LogP contribution is 2.23. The van der Waals surface area contributed by atoms with Crippen LogP contribution in [0.5, 0.6) is 0 Å². The molecule has 0 spiro atoms. The third-order valence-corrected chi connectivity index (χ3v) is 3.43. The van der Waals surface area contributed by atoms with E-state index in [1.807, 2.05) is 0 Å². The first kappa shape index (κ1) is 18.8. The van der Waals surface area contributed by atoms with E-state index in [1.165, 1.54) is 0 Å². The summed E-state index contributed by atoms with van der Waals surface area (Å²) in [7, 11) is 0. The van der Waals surface area contributed by atoms with Crippen molar-refractivity contribution in [3.8, 4) is 0 Å². The average Bonchev–Trinajstić information content (AvgIpc) is 2.96. The average molecular weight is 389 g/mol. The van der Waals surface area contributed by atoms with E-state index in [2.05, 4.69) is 25.2 Å². The molecule has 0 aromatic carbocycles. The van der Waals surface area contributed by atoms with Gasteiger partial charge in [0.15, 0.2) is 16.8 Å². The summed E-state index contributed by atoms with van der Waals surface area (Å²) in [6.07, 6.45) is 1.04. The Labute approximate surface area is 150 Å². The van der Waals surface area contributed by atoms with Crippen molar-refractivity contribution >= 4 is 40.8 Å². The molecule has 0 amide bonds. The number of halogens is 3. The second kappa shape index (κ2) is 8.04. The number of aromatic nitrogens is 3. The van der Waals surface area contributed by atoms with E-state index in [-0.39, 0.29) is 23.1 Å². The maximum Gasteiger partial charge on any atom is 0.343 e. The lowest BCUT2D eigenvalue weighted by atomic mass is 10.1. The minimum Gasteiger partial charge on any atom is -0.462 e. The number of anilines is 1. The fourth-order valence-electron chi connectivity index (χ4n) is 1.68. The van der Waals surface area contributed by atoms with Gasteiger partial charge in [0.05, 0.1) is 12.2 Å². The molecule has 0 bridgehead atoms. The first-order valence-electron chi connectivity index (χ1n) is 6.84. The molecule has 132 valence electrons. The SMILES string of the molecule is CCOC(=O)/C(=C/Nc1nonc1C)C(=O)c1cc(F)c(Cl)nc1Cl. The number of aryl methyl sites for hydroxylation is 1. The zero-order valence-corrected chi connectivity index (χ0v) is 14.5. The number of hydrogen-bond acceptors (Lipinski definition) is 8. The molecule has 0 saturated heterocycles. The summed E-state index contributed by atoms with van der Waals surface area (Å²) in [5.41, 5.74) is -0.404. The molecule has 11 heteroatoms. The number of carbonyl (C=O) groups excluding carboxylic acids is 2. The number of Topliss-reactive ketones (excluding diaryl/α,β-unsaturated/α-hetero) is 1. The molecule has 0 aliphatic rings. The molecule has 2 aromatic heterocycles. The number of carbonyl (C=O) groups is 2. The van der Waals surface area contributed by atoms with Crippen LogP contribution in [-0.4, -0.2) is 33.7 Å². The Bertz CT molecular complexity index is 853. The van der Waals surface area contributed by atoms with Gasteiger partial charge in [-0.3, -0.25) is 4.79 Å². The minimum absolute atomic E-state index is 0.0228. The van der Waals surface area contributed by atoms with Crippen LogP contribution < -0.4 is 5.32 Å². The Morgan fingerprint density at radius 3 is 2.68 bits per heavy atom. The molecule has 2 aromatic rings. The van der Waals surface area contributed by atoms with Gasteiger partial charge in [-0.15, -0.1) is 0 Å². The number of pyridine rings is 1. The quantitative estimate of drug-likeness (QED) is 0.201. The summed E-state index contributed by atoms with van der Waals surface area (Å²) in [6, 6.07) is 0.788. The Balaban J connectivity index is 2.41. The number of ether oxygens (including phenoxy) is 1. The van der Waals surface area contributed by atoms with E-state index in [9.17, 15) is 14.0 Å². The van der Waals surface area contributed by atoms with Gasteiger partial charge in [0.1, 0.15) is 16.4 Å². The first-order chi connectivity index (χ1) is 11.8. The maximum atomic E-state index is 13.6. The monoisotopic (exact) mass is 388 g/mol. The van der Waals surface area contributed by atoms with Gasteiger partial charge in [-0.25, -0.2) is 18.8 Å². The molecule has 2 rings (SSSR count). The highest BCUT2D eigenvalue weighted by Gasteiger charge is 2.25. The number of nitrogens with zero attached hydrogens (tertiary/aromatic N) is 3. The molecule has 8 nitrogen and oxygen atoms in total. The van der Waals surface area contributed by atoms with Crippen molar-refractivity contribution in [1.29, 1.82) is 0 Å². The fourth-order valence-corrected chi connectivity index (χ4v) is 2.09. The van der Waals surface area contributed by atoms with E-state index in [0.717, 1.165) is 12.3 Å². The molecule has 0 saturated carbocycles. The van der Waals surface area contributed by atoms with Crippen LogP contribution in [0.2, 0.25) is 10.3 Å². The first-order valence-corrected chi connectivity index (χ1v) is 7.60. The molecule has 2 heterocycles. The zero-order valence-electron chi connectivity index (χ0n) is 13.0. The number of nitrogens with one attached hydrogen (secondary N) is 1. The molecule has 0 aliphatic heterocycles. The van der Waals surface area contributed by atoms with Crippen LogP contribution in [0.1, 0.15) is 23.0 Å². The summed E-state index contributed by atoms with van der Waals surface area (Å²) in [6.45, 7) is 3.18. The van der Waals surface area contributed by atoms with Crippen molar-refractivity contribution in [2.24, 2.45) is 0 Å². The van der Waals surface area contributed by atoms with Crippen molar-refractivity contribution in [2.45, 2.75) is 13.8 Å². The van der Waals surface area contributed by atoms with E-state index >= 15 is 0 Å². The third-order valence-electron chi connectivity index (χ3n) is 2.88. The van der Waals surface area contributed by atoms with Gasteiger partial charge in [-0.05, 0) is 25.1 Å². The van der Waals surface area contributed by atoms with Gasteiger partial charge in [-0.2, -0.15) is 0 Å². The smallest absolute Gasteiger partial charge is 0.343 e. The lowest BCUT2D eigenvalue weighted by Gasteiger charge is -2.08. The van der Waals surface area contributed by atoms with E-state index in [4.69, 9.17) is 27.9 Å². The van der Waals surface area contributed by atoms with Crippen molar-refractivity contribution in [3.05, 3.63) is 45.2 Å². The highest BCUT2D eigenvalue weighted by atomic mass is 35.5. The standard InChI is InChI=1S/C14H11Cl2FN4O4/c1-3-24-14(23)8(5-18-13-6(2)20-25-21-13)10(22)7-4-9(17)12(16)19-11(7)15/h4-5H,3H2,1-2H3,(H,18,21)/b8-5+. The van der Waals surface area contributed by atoms with E-state index < -0.39 is 28.3 Å². The summed E-state index contributed by atoms with van der Waals surface area (Å²) < 4.78 is 22.9. The van der Waals surface area contributed by atoms with Gasteiger partial charge >= 0.3 is 5.97 Å². The number of ketones is 1. The molecule has 0 atom stereocenters. The Kier molecular flexibility index (Phi) is 6.05. The van der Waals surface area contributed by atoms with Gasteiger partial charge in [0, 0.05) is 6.20 Å². The van der Waals surface area contributed by atoms with Crippen LogP contribution in [0.15, 0.2) is 22.5 Å². The van der Waals surface area contributed by atoms with Crippen LogP contribution in [0.3, 0.4) is 0 Å². The van der Waals surface area contributed by atoms with Crippen molar-refractivity contribution in [1.82, 2.24) is 15.3 Å². The zero-order chi connectivity index (χ0) is 18.6. The van der Waals surface area contributed by atoms with Crippen molar-refractivity contribution in [3.63, 3.8) is 0 Å². The summed E-state index contributed by atoms with van der Waals surface area (Å²) in [4.78, 5) is 28.2. The van der Waals surface area contributed by atoms with Crippen molar-refractivity contribution in [2.75, 3.05) is 11.9 Å². The number of rotatable bonds is 6. The molecular formula is C14H11Cl2FN4O4. The Morgan fingerprint density at radius 1 is 1.36 bits per heavy atom. The molecule has 1 N–H and O–H groups in total. The van der Waals surface area contributed by atoms with Crippen LogP contribution in [0.4, 0.5) is 10.2 Å². The summed E-state index contributed by atoms with van der Waals surface area (Å²) in [5, 5.41) is 8.83. The second-order valence-corrected chi connectivity index (χ2v) is 5.27. The predicted molar refractivity (Wildman–Crippen MR) is 85.9 cm³/mol. The molecule has 0 radical (unpaired) electrons. The maximum absolute atomic E-state index is 13.6. The van der Waals surface area contributed by atoms with Gasteiger partial charge in [-0.1, -0.05) is 28.4 Å². The van der Waals surface area contributed by atoms with E-state index in [1.54, 1.807) is 13.8 Å². The summed E-state index contributed by atoms with van der Waals surface area (Å²) >= 11 is 11.3. The minimum atomic E-state index is -0.956. The molecule has 0 unspecified atom stereocenters. The van der Waals surface area contributed by atoms with Crippen LogP contribution in [-0.2, 0) is 9.53 Å². The predicted octanol–water partition coefficient (Wildman–Crippen LogP) is 2.96. The topological polar surface area (TPSA) is 107 Å². The van der Waals surface area contributed by atoms with Gasteiger partial charge < -0.3 is 10.1 Å². The number of esters is 1. The fraction of sp³-hybridized carbons (Fsp3) is 0.214. The largest absolute Gasteiger partial charge is 0.462 e. The molecule has 25 heavy (non-hydrogen) atoms. The van der Waals surface area contributed by atoms with Gasteiger partial charge in [0.2, 0.25) is 5.78 Å². The van der Waals surface area contributed by atoms with Crippen LogP contribution in [0.25, 0.3) is 0 Å². The Hall–Kier alpha value is -2.52. The lowest BCUT2D eigenvalue weighted by molar-refractivity contribution is -0.138. The van der Waals surface area contributed by atoms with Crippen molar-refractivity contribution < 1.29 is 23.3 Å². The highest BCUT2D eigenvalue weighted by molar-refractivity contribution is 6.37. The number of hydrogen-bond donors (Lipinski definition) is 1. The molecule has 0 fully saturated rings. The third kappa shape index (κ3) is 4.31.